The summed E-state index contributed by atoms with van der Waals surface area (Å²) in [5, 5.41) is 2.85. The molecule has 4 aliphatic rings. The standard InChI is InChI=1S/C27H35FN2O2/c1-26-12-5-8-21(26)19-9-10-23-27(2,22(19)11-13-26)15-20(25(32)30(23)3)24(31)29-16-17-6-4-7-18(28)14-17/h4,6-7,14-15,19,21-23H,5,8-13,16H2,1-3H3,(H,29,31)/t19-,21-,22+,23?,26-,27+/m0/s1. The van der Waals surface area contributed by atoms with Gasteiger partial charge in [-0.1, -0.05) is 38.5 Å². The van der Waals surface area contributed by atoms with E-state index >= 15 is 0 Å². The summed E-state index contributed by atoms with van der Waals surface area (Å²) >= 11 is 0. The Balaban J connectivity index is 1.42. The summed E-state index contributed by atoms with van der Waals surface area (Å²) in [6.45, 7) is 4.99. The first-order valence-electron chi connectivity index (χ1n) is 12.3. The van der Waals surface area contributed by atoms with Gasteiger partial charge in [-0.25, -0.2) is 4.39 Å². The molecule has 5 rings (SSSR count). The van der Waals surface area contributed by atoms with Crippen LogP contribution in [0.1, 0.15) is 64.4 Å². The predicted molar refractivity (Wildman–Crippen MR) is 122 cm³/mol. The molecule has 0 spiro atoms. The minimum atomic E-state index is -0.352. The first kappa shape index (κ1) is 21.7. The van der Waals surface area contributed by atoms with Crippen molar-refractivity contribution < 1.29 is 14.0 Å². The van der Waals surface area contributed by atoms with Crippen LogP contribution in [0.25, 0.3) is 0 Å². The van der Waals surface area contributed by atoms with Crippen LogP contribution in [0, 0.1) is 34.4 Å². The van der Waals surface area contributed by atoms with Gasteiger partial charge in [0, 0.05) is 25.0 Å². The van der Waals surface area contributed by atoms with Crippen molar-refractivity contribution in [1.82, 2.24) is 10.2 Å². The molecule has 0 bridgehead atoms. The lowest BCUT2D eigenvalue weighted by molar-refractivity contribution is -0.141. The highest BCUT2D eigenvalue weighted by Gasteiger charge is 2.59. The maximum absolute atomic E-state index is 13.5. The lowest BCUT2D eigenvalue weighted by Crippen LogP contribution is -2.61. The smallest absolute Gasteiger partial charge is 0.259 e. The van der Waals surface area contributed by atoms with Crippen LogP contribution in [0.3, 0.4) is 0 Å². The van der Waals surface area contributed by atoms with Crippen molar-refractivity contribution in [3.05, 3.63) is 47.3 Å². The Morgan fingerprint density at radius 3 is 2.75 bits per heavy atom. The molecule has 1 aromatic carbocycles. The quantitative estimate of drug-likeness (QED) is 0.687. The van der Waals surface area contributed by atoms with E-state index in [2.05, 4.69) is 19.2 Å². The third-order valence-electron chi connectivity index (χ3n) is 9.57. The summed E-state index contributed by atoms with van der Waals surface area (Å²) in [5.74, 6) is 1.11. The number of hydrogen-bond donors (Lipinski definition) is 1. The summed E-state index contributed by atoms with van der Waals surface area (Å²) < 4.78 is 13.5. The molecule has 32 heavy (non-hydrogen) atoms. The molecule has 0 radical (unpaired) electrons. The highest BCUT2D eigenvalue weighted by Crippen LogP contribution is 2.64. The Bertz CT molecular complexity index is 974. The van der Waals surface area contributed by atoms with Crippen molar-refractivity contribution in [2.24, 2.45) is 28.6 Å². The Labute approximate surface area is 190 Å². The molecule has 1 unspecified atom stereocenters. The number of nitrogens with zero attached hydrogens (tertiary/aromatic N) is 1. The summed E-state index contributed by atoms with van der Waals surface area (Å²) in [4.78, 5) is 28.1. The Kier molecular flexibility index (Phi) is 5.22. The molecule has 0 aromatic heterocycles. The van der Waals surface area contributed by atoms with Crippen LogP contribution in [0.15, 0.2) is 35.9 Å². The number of likely N-dealkylation sites (N-methyl/N-ethyl adjacent to an activating group) is 1. The number of nitrogens with one attached hydrogen (secondary N) is 1. The third kappa shape index (κ3) is 3.31. The highest BCUT2D eigenvalue weighted by molar-refractivity contribution is 6.19. The monoisotopic (exact) mass is 438 g/mol. The molecule has 1 N–H and O–H groups in total. The molecule has 1 heterocycles. The van der Waals surface area contributed by atoms with E-state index in [1.54, 1.807) is 12.1 Å². The maximum atomic E-state index is 13.5. The Hall–Kier alpha value is -2.17. The molecule has 3 fully saturated rings. The molecule has 4 nitrogen and oxygen atoms in total. The normalized spacial score (nSPS) is 38.4. The minimum absolute atomic E-state index is 0.154. The van der Waals surface area contributed by atoms with E-state index in [1.165, 1.54) is 50.7 Å². The van der Waals surface area contributed by atoms with E-state index in [9.17, 15) is 14.0 Å². The van der Waals surface area contributed by atoms with Gasteiger partial charge in [-0.3, -0.25) is 9.59 Å². The van der Waals surface area contributed by atoms with Crippen LogP contribution in [-0.4, -0.2) is 29.8 Å². The largest absolute Gasteiger partial charge is 0.348 e. The van der Waals surface area contributed by atoms with Gasteiger partial charge in [0.1, 0.15) is 11.4 Å². The van der Waals surface area contributed by atoms with Crippen molar-refractivity contribution in [2.45, 2.75) is 71.4 Å². The van der Waals surface area contributed by atoms with E-state index in [1.807, 2.05) is 18.0 Å². The van der Waals surface area contributed by atoms with Crippen LogP contribution in [0.5, 0.6) is 0 Å². The fourth-order valence-electron chi connectivity index (χ4n) is 7.97. The Morgan fingerprint density at radius 1 is 1.16 bits per heavy atom. The van der Waals surface area contributed by atoms with Gasteiger partial charge in [0.25, 0.3) is 11.8 Å². The fraction of sp³-hybridized carbons (Fsp3) is 0.630. The number of benzene rings is 1. The van der Waals surface area contributed by atoms with Crippen molar-refractivity contribution in [3.8, 4) is 0 Å². The predicted octanol–water partition coefficient (Wildman–Crippen LogP) is 4.84. The second kappa shape index (κ2) is 7.71. The number of halogens is 1. The fourth-order valence-corrected chi connectivity index (χ4v) is 7.97. The molecule has 0 saturated heterocycles. The molecule has 1 aliphatic heterocycles. The van der Waals surface area contributed by atoms with Crippen LogP contribution in [0.2, 0.25) is 0 Å². The molecular formula is C27H35FN2O2. The van der Waals surface area contributed by atoms with E-state index in [-0.39, 0.29) is 41.2 Å². The number of carbonyl (C=O) groups excluding carboxylic acids is 2. The van der Waals surface area contributed by atoms with E-state index in [0.717, 1.165) is 12.3 Å². The van der Waals surface area contributed by atoms with Crippen LogP contribution >= 0.6 is 0 Å². The first-order valence-corrected chi connectivity index (χ1v) is 12.3. The molecule has 3 aliphatic carbocycles. The van der Waals surface area contributed by atoms with Crippen molar-refractivity contribution in [1.29, 1.82) is 0 Å². The SMILES string of the molecule is CN1C(=O)C(C(=O)NCc2cccc(F)c2)=C[C@@]2(C)C1CC[C@@H]1[C@H]2CC[C@]2(C)CCC[C@@H]12. The number of fused-ring (bicyclic) bond motifs is 5. The van der Waals surface area contributed by atoms with Crippen molar-refractivity contribution in [2.75, 3.05) is 7.05 Å². The lowest BCUT2D eigenvalue weighted by Gasteiger charge is -2.60. The number of hydrogen-bond acceptors (Lipinski definition) is 2. The van der Waals surface area contributed by atoms with Crippen molar-refractivity contribution >= 4 is 11.8 Å². The minimum Gasteiger partial charge on any atom is -0.348 e. The zero-order valence-electron chi connectivity index (χ0n) is 19.5. The number of amides is 2. The van der Waals surface area contributed by atoms with Gasteiger partial charge in [-0.05, 0) is 79.4 Å². The summed E-state index contributed by atoms with van der Waals surface area (Å²) in [6.07, 6.45) is 10.7. The van der Waals surface area contributed by atoms with E-state index in [0.29, 0.717) is 22.8 Å². The molecule has 2 amide bonds. The summed E-state index contributed by atoms with van der Waals surface area (Å²) in [7, 11) is 1.86. The summed E-state index contributed by atoms with van der Waals surface area (Å²) in [6, 6.07) is 6.35. The Morgan fingerprint density at radius 2 is 1.97 bits per heavy atom. The number of rotatable bonds is 3. The van der Waals surface area contributed by atoms with Gasteiger partial charge < -0.3 is 10.2 Å². The first-order chi connectivity index (χ1) is 15.2. The zero-order valence-corrected chi connectivity index (χ0v) is 19.5. The second-order valence-electron chi connectivity index (χ2n) is 11.2. The molecule has 5 heteroatoms. The third-order valence-corrected chi connectivity index (χ3v) is 9.57. The molecule has 1 aromatic rings. The lowest BCUT2D eigenvalue weighted by atomic mass is 9.48. The topological polar surface area (TPSA) is 49.4 Å². The number of carbonyl (C=O) groups is 2. The second-order valence-corrected chi connectivity index (χ2v) is 11.2. The van der Waals surface area contributed by atoms with Crippen LogP contribution < -0.4 is 5.32 Å². The molecule has 172 valence electrons. The maximum Gasteiger partial charge on any atom is 0.259 e. The molecular weight excluding hydrogens is 403 g/mol. The average Bonchev–Trinajstić information content (AvgIpc) is 3.16. The van der Waals surface area contributed by atoms with Crippen molar-refractivity contribution in [3.63, 3.8) is 0 Å². The van der Waals surface area contributed by atoms with Crippen LogP contribution in [-0.2, 0) is 16.1 Å². The molecule has 6 atom stereocenters. The van der Waals surface area contributed by atoms with Gasteiger partial charge in [0.2, 0.25) is 0 Å². The van der Waals surface area contributed by atoms with E-state index < -0.39 is 0 Å². The summed E-state index contributed by atoms with van der Waals surface area (Å²) in [5.41, 5.74) is 1.24. The highest BCUT2D eigenvalue weighted by atomic mass is 19.1. The van der Waals surface area contributed by atoms with Gasteiger partial charge >= 0.3 is 0 Å². The van der Waals surface area contributed by atoms with Gasteiger partial charge in [0.15, 0.2) is 0 Å². The van der Waals surface area contributed by atoms with Gasteiger partial charge in [-0.15, -0.1) is 0 Å². The average molecular weight is 439 g/mol. The molecule has 3 saturated carbocycles. The van der Waals surface area contributed by atoms with Crippen LogP contribution in [0.4, 0.5) is 4.39 Å². The zero-order chi connectivity index (χ0) is 22.7. The van der Waals surface area contributed by atoms with E-state index in [4.69, 9.17) is 0 Å². The van der Waals surface area contributed by atoms with Gasteiger partial charge in [0.05, 0.1) is 0 Å². The van der Waals surface area contributed by atoms with Gasteiger partial charge in [-0.2, -0.15) is 0 Å².